The number of carbonyl (C=O) groups is 1. The molecule has 0 aliphatic heterocycles. The number of Topliss-reactive ketones (excluding diaryl/α,β-unsaturated/α-hetero) is 1. The molecule has 42 heavy (non-hydrogen) atoms. The molecule has 12 atom stereocenters. The molecule has 0 saturated heterocycles. The fraction of sp³-hybridized carbons (Fsp3) is 0.806. The first-order valence-electron chi connectivity index (χ1n) is 16.9. The van der Waals surface area contributed by atoms with E-state index in [1.165, 1.54) is 0 Å². The van der Waals surface area contributed by atoms with Crippen LogP contribution < -0.4 is 0 Å². The summed E-state index contributed by atoms with van der Waals surface area (Å²) in [5.41, 5.74) is 1.11. The Balaban J connectivity index is 1.23. The number of alkyl halides is 1. The second-order valence-corrected chi connectivity index (χ2v) is 17.5. The van der Waals surface area contributed by atoms with E-state index in [0.717, 1.165) is 56.9 Å². The van der Waals surface area contributed by atoms with Crippen LogP contribution in [-0.2, 0) is 14.6 Å². The number of benzene rings is 1. The predicted molar refractivity (Wildman–Crippen MR) is 166 cm³/mol. The van der Waals surface area contributed by atoms with Crippen LogP contribution in [0.2, 0.25) is 0 Å². The summed E-state index contributed by atoms with van der Waals surface area (Å²) >= 11 is 0. The number of rotatable bonds is 9. The van der Waals surface area contributed by atoms with Gasteiger partial charge in [0.1, 0.15) is 17.7 Å². The number of hydrogen-bond acceptors (Lipinski definition) is 4. The third kappa shape index (κ3) is 5.43. The van der Waals surface area contributed by atoms with Gasteiger partial charge in [-0.05, 0) is 116 Å². The van der Waals surface area contributed by atoms with Crippen molar-refractivity contribution in [3.63, 3.8) is 0 Å². The van der Waals surface area contributed by atoms with E-state index in [1.54, 1.807) is 24.3 Å². The van der Waals surface area contributed by atoms with Gasteiger partial charge in [-0.2, -0.15) is 0 Å². The van der Waals surface area contributed by atoms with Crippen LogP contribution in [0.25, 0.3) is 0 Å². The monoisotopic (exact) mass is 602 g/mol. The number of hydrogen-bond donors (Lipinski definition) is 1. The third-order valence-electron chi connectivity index (χ3n) is 13.3. The molecule has 1 N–H and O–H groups in total. The molecule has 5 rings (SSSR count). The average molecular weight is 603 g/mol. The van der Waals surface area contributed by atoms with Crippen molar-refractivity contribution < 1.29 is 22.7 Å². The molecule has 6 heteroatoms. The number of aliphatic hydroxyl groups excluding tert-OH is 1. The Labute approximate surface area is 254 Å². The largest absolute Gasteiger partial charge is 0.393 e. The van der Waals surface area contributed by atoms with Crippen molar-refractivity contribution >= 4 is 15.6 Å². The summed E-state index contributed by atoms with van der Waals surface area (Å²) in [6.45, 7) is 13.3. The Kier molecular flexibility index (Phi) is 9.11. The minimum absolute atomic E-state index is 0.0270. The van der Waals surface area contributed by atoms with E-state index in [2.05, 4.69) is 34.6 Å². The van der Waals surface area contributed by atoms with Gasteiger partial charge in [0.15, 0.2) is 9.84 Å². The first-order valence-corrected chi connectivity index (χ1v) is 18.5. The first-order chi connectivity index (χ1) is 19.7. The maximum Gasteiger partial charge on any atom is 0.185 e. The van der Waals surface area contributed by atoms with Crippen LogP contribution in [0, 0.1) is 65.1 Å². The number of sulfone groups is 1. The topological polar surface area (TPSA) is 71.4 Å². The van der Waals surface area contributed by atoms with E-state index in [-0.39, 0.29) is 45.2 Å². The molecule has 4 nitrogen and oxygen atoms in total. The number of carbonyl (C=O) groups excluding carboxylic acids is 1. The highest BCUT2D eigenvalue weighted by atomic mass is 32.2. The SMILES string of the molecule is CC[C@H]1C(O)C2C3CCC([C@H](C)CCCC(=O)CS(=O)(=O)c4ccc(C)cc4)[C@@]3(C)CCC2[C@@]2(C)CC[C@@H](C)[C@H](F)[C@@H]12. The number of aryl methyl sites for hydroxylation is 1. The molecule has 0 spiro atoms. The zero-order valence-corrected chi connectivity index (χ0v) is 27.6. The van der Waals surface area contributed by atoms with Crippen molar-refractivity contribution in [1.29, 1.82) is 0 Å². The van der Waals surface area contributed by atoms with Gasteiger partial charge in [0.25, 0.3) is 0 Å². The molecule has 0 bridgehead atoms. The van der Waals surface area contributed by atoms with Gasteiger partial charge in [-0.1, -0.05) is 65.2 Å². The highest BCUT2D eigenvalue weighted by molar-refractivity contribution is 7.92. The summed E-state index contributed by atoms with van der Waals surface area (Å²) in [5.74, 6) is 1.54. The van der Waals surface area contributed by atoms with Gasteiger partial charge in [0.2, 0.25) is 0 Å². The Morgan fingerprint density at radius 1 is 1.05 bits per heavy atom. The van der Waals surface area contributed by atoms with Crippen molar-refractivity contribution in [3.05, 3.63) is 29.8 Å². The Bertz CT molecular complexity index is 1230. The summed E-state index contributed by atoms with van der Waals surface area (Å²) in [6, 6.07) is 6.71. The van der Waals surface area contributed by atoms with E-state index in [9.17, 15) is 18.3 Å². The van der Waals surface area contributed by atoms with E-state index < -0.39 is 27.9 Å². The van der Waals surface area contributed by atoms with E-state index in [4.69, 9.17) is 0 Å². The molecular formula is C36H55FO4S. The van der Waals surface area contributed by atoms with Gasteiger partial charge in [0, 0.05) is 12.3 Å². The van der Waals surface area contributed by atoms with Crippen LogP contribution in [-0.4, -0.2) is 37.3 Å². The third-order valence-corrected chi connectivity index (χ3v) is 15.0. The molecule has 4 fully saturated rings. The number of halogens is 1. The first kappa shape index (κ1) is 32.1. The standard InChI is InChI=1S/C36H55FO4S/c1-7-27-32-33(37)24(4)17-19-36(32,6)30-18-20-35(5)28(15-16-29(35)31(30)34(27)39)23(3)9-8-10-25(38)21-42(40,41)26-13-11-22(2)12-14-26/h11-14,23-24,27-34,39H,7-10,15-21H2,1-6H3/t23-,24-,27-,28?,29?,30?,31?,32-,33+,34?,35-,36-/m1/s1. The molecule has 5 unspecified atom stereocenters. The second kappa shape index (κ2) is 11.9. The molecule has 1 aromatic carbocycles. The summed E-state index contributed by atoms with van der Waals surface area (Å²) in [5, 5.41) is 11.9. The lowest BCUT2D eigenvalue weighted by Crippen LogP contribution is -2.64. The van der Waals surface area contributed by atoms with Gasteiger partial charge < -0.3 is 5.11 Å². The second-order valence-electron chi connectivity index (χ2n) is 15.6. The van der Waals surface area contributed by atoms with E-state index in [1.807, 2.05) is 6.92 Å². The Morgan fingerprint density at radius 3 is 2.36 bits per heavy atom. The van der Waals surface area contributed by atoms with Gasteiger partial charge in [-0.15, -0.1) is 0 Å². The molecule has 4 aliphatic carbocycles. The summed E-state index contributed by atoms with van der Waals surface area (Å²) in [4.78, 5) is 12.9. The zero-order chi connectivity index (χ0) is 30.6. The predicted octanol–water partition coefficient (Wildman–Crippen LogP) is 7.99. The number of aliphatic hydroxyl groups is 1. The molecule has 4 aliphatic rings. The maximum atomic E-state index is 15.8. The van der Waals surface area contributed by atoms with E-state index in [0.29, 0.717) is 36.5 Å². The van der Waals surface area contributed by atoms with Crippen LogP contribution >= 0.6 is 0 Å². The quantitative estimate of drug-likeness (QED) is 0.311. The van der Waals surface area contributed by atoms with Crippen molar-refractivity contribution in [2.45, 2.75) is 123 Å². The van der Waals surface area contributed by atoms with Crippen molar-refractivity contribution in [2.75, 3.05) is 5.75 Å². The highest BCUT2D eigenvalue weighted by Gasteiger charge is 2.66. The average Bonchev–Trinajstić information content (AvgIpc) is 3.29. The number of fused-ring (bicyclic) bond motifs is 5. The smallest absolute Gasteiger partial charge is 0.185 e. The molecule has 0 radical (unpaired) electrons. The van der Waals surface area contributed by atoms with Crippen LogP contribution in [0.4, 0.5) is 4.39 Å². The molecule has 236 valence electrons. The van der Waals surface area contributed by atoms with Crippen LogP contribution in [0.5, 0.6) is 0 Å². The summed E-state index contributed by atoms with van der Waals surface area (Å²) in [6.07, 6.45) is 8.06. The lowest BCUT2D eigenvalue weighted by Gasteiger charge is -2.65. The molecule has 4 saturated carbocycles. The minimum Gasteiger partial charge on any atom is -0.393 e. The van der Waals surface area contributed by atoms with Gasteiger partial charge in [-0.3, -0.25) is 4.79 Å². The van der Waals surface area contributed by atoms with Crippen molar-refractivity contribution in [1.82, 2.24) is 0 Å². The van der Waals surface area contributed by atoms with Crippen LogP contribution in [0.3, 0.4) is 0 Å². The summed E-state index contributed by atoms with van der Waals surface area (Å²) in [7, 11) is -3.61. The molecular weight excluding hydrogens is 547 g/mol. The Hall–Kier alpha value is -1.27. The number of ketones is 1. The van der Waals surface area contributed by atoms with Gasteiger partial charge in [0.05, 0.1) is 11.0 Å². The lowest BCUT2D eigenvalue weighted by atomic mass is 9.40. The maximum absolute atomic E-state index is 15.8. The summed E-state index contributed by atoms with van der Waals surface area (Å²) < 4.78 is 41.3. The molecule has 0 heterocycles. The van der Waals surface area contributed by atoms with Gasteiger partial charge >= 0.3 is 0 Å². The van der Waals surface area contributed by atoms with Crippen LogP contribution in [0.1, 0.15) is 104 Å². The highest BCUT2D eigenvalue weighted by Crippen LogP contribution is 2.70. The molecule has 0 amide bonds. The normalized spacial score (nSPS) is 42.3. The van der Waals surface area contributed by atoms with Gasteiger partial charge in [-0.25, -0.2) is 12.8 Å². The molecule has 1 aromatic rings. The van der Waals surface area contributed by atoms with Crippen LogP contribution in [0.15, 0.2) is 29.2 Å². The minimum atomic E-state index is -3.61. The van der Waals surface area contributed by atoms with Crippen molar-refractivity contribution in [3.8, 4) is 0 Å². The van der Waals surface area contributed by atoms with E-state index >= 15 is 4.39 Å². The van der Waals surface area contributed by atoms with Crippen molar-refractivity contribution in [2.24, 2.45) is 58.2 Å². The fourth-order valence-electron chi connectivity index (χ4n) is 11.1. The zero-order valence-electron chi connectivity index (χ0n) is 26.8. The fourth-order valence-corrected chi connectivity index (χ4v) is 12.4. The molecule has 0 aromatic heterocycles. The lowest BCUT2D eigenvalue weighted by molar-refractivity contribution is -0.215. The Morgan fingerprint density at radius 2 is 1.69 bits per heavy atom.